The molecular weight excluding hydrogens is 311 g/mol. The van der Waals surface area contributed by atoms with E-state index in [-0.39, 0.29) is 10.6 Å². The van der Waals surface area contributed by atoms with E-state index in [1.54, 1.807) is 12.1 Å². The smallest absolute Gasteiger partial charge is 0.298 e. The van der Waals surface area contributed by atoms with Gasteiger partial charge >= 0.3 is 0 Å². The zero-order valence-corrected chi connectivity index (χ0v) is 12.5. The molecule has 0 spiro atoms. The lowest BCUT2D eigenvalue weighted by Gasteiger charge is -2.10. The van der Waals surface area contributed by atoms with Crippen molar-refractivity contribution >= 4 is 10.1 Å². The van der Waals surface area contributed by atoms with E-state index < -0.39 is 15.9 Å². The number of hydrogen-bond acceptors (Lipinski definition) is 4. The molecule has 0 fully saturated rings. The van der Waals surface area contributed by atoms with Crippen LogP contribution in [-0.2, 0) is 16.5 Å². The molecule has 116 valence electrons. The van der Waals surface area contributed by atoms with Crippen LogP contribution >= 0.6 is 0 Å². The summed E-state index contributed by atoms with van der Waals surface area (Å²) in [5.41, 5.74) is 1.58. The average molecular weight is 324 g/mol. The maximum absolute atomic E-state index is 13.6. The first-order valence-corrected chi connectivity index (χ1v) is 7.94. The lowest BCUT2D eigenvalue weighted by molar-refractivity contribution is 0.346. The predicted octanol–water partition coefficient (Wildman–Crippen LogP) is 2.68. The first-order chi connectivity index (χ1) is 10.4. The summed E-state index contributed by atoms with van der Waals surface area (Å²) in [6.45, 7) is 0.341. The summed E-state index contributed by atoms with van der Waals surface area (Å²) in [4.78, 5) is -0.305. The van der Waals surface area contributed by atoms with Gasteiger partial charge in [-0.15, -0.1) is 0 Å². The first-order valence-electron chi connectivity index (χ1n) is 6.50. The molecule has 22 heavy (non-hydrogen) atoms. The zero-order valence-electron chi connectivity index (χ0n) is 11.7. The molecule has 0 saturated heterocycles. The van der Waals surface area contributed by atoms with Crippen LogP contribution in [0.2, 0.25) is 0 Å². The first kappa shape index (κ1) is 14.8. The van der Waals surface area contributed by atoms with Crippen LogP contribution in [-0.4, -0.2) is 26.7 Å². The van der Waals surface area contributed by atoms with Gasteiger partial charge < -0.3 is 9.47 Å². The van der Waals surface area contributed by atoms with Crippen molar-refractivity contribution in [3.8, 4) is 22.6 Å². The Morgan fingerprint density at radius 3 is 2.59 bits per heavy atom. The summed E-state index contributed by atoms with van der Waals surface area (Å²) in [6.07, 6.45) is 0.526. The Morgan fingerprint density at radius 1 is 1.18 bits per heavy atom. The Hall–Kier alpha value is -2.12. The minimum absolute atomic E-state index is 0.162. The Labute approximate surface area is 127 Å². The third-order valence-corrected chi connectivity index (χ3v) is 4.33. The molecule has 1 heterocycles. The van der Waals surface area contributed by atoms with Gasteiger partial charge in [-0.3, -0.25) is 4.55 Å². The van der Waals surface area contributed by atoms with Crippen molar-refractivity contribution in [2.75, 3.05) is 13.7 Å². The van der Waals surface area contributed by atoms with Crippen LogP contribution in [0.1, 0.15) is 5.56 Å². The number of halogens is 1. The van der Waals surface area contributed by atoms with Gasteiger partial charge in [-0.2, -0.15) is 8.42 Å². The fourth-order valence-electron chi connectivity index (χ4n) is 2.48. The van der Waals surface area contributed by atoms with Crippen molar-refractivity contribution in [1.29, 1.82) is 0 Å². The Bertz CT molecular complexity index is 845. The Morgan fingerprint density at radius 2 is 1.91 bits per heavy atom. The summed E-state index contributed by atoms with van der Waals surface area (Å²) < 4.78 is 56.4. The summed E-state index contributed by atoms with van der Waals surface area (Å²) in [7, 11) is -3.02. The van der Waals surface area contributed by atoms with E-state index in [2.05, 4.69) is 0 Å². The van der Waals surface area contributed by atoms with E-state index in [0.29, 0.717) is 35.5 Å². The van der Waals surface area contributed by atoms with Crippen LogP contribution in [0.15, 0.2) is 35.2 Å². The lowest BCUT2D eigenvalue weighted by atomic mass is 10.0. The highest BCUT2D eigenvalue weighted by Gasteiger charge is 2.25. The van der Waals surface area contributed by atoms with E-state index >= 15 is 0 Å². The van der Waals surface area contributed by atoms with Crippen LogP contribution in [0.4, 0.5) is 4.39 Å². The minimum atomic E-state index is -4.43. The maximum atomic E-state index is 13.6. The largest absolute Gasteiger partial charge is 0.497 e. The van der Waals surface area contributed by atoms with Crippen LogP contribution in [0.5, 0.6) is 11.5 Å². The standard InChI is InChI=1S/C15H13FO5S/c1-20-13-6-11(5-12(16)8-13)10-4-9-2-3-21-15(9)14(7-10)22(17,18)19/h4-8H,2-3H2,1H3,(H,17,18,19). The molecule has 1 aliphatic rings. The second-order valence-corrected chi connectivity index (χ2v) is 6.31. The van der Waals surface area contributed by atoms with E-state index in [0.717, 1.165) is 0 Å². The number of rotatable bonds is 3. The number of fused-ring (bicyclic) bond motifs is 1. The SMILES string of the molecule is COc1cc(F)cc(-c2cc3c(c(S(=O)(=O)O)c2)OCC3)c1. The third-order valence-electron chi connectivity index (χ3n) is 3.47. The molecule has 1 aliphatic heterocycles. The number of hydrogen-bond donors (Lipinski definition) is 1. The molecule has 2 aromatic rings. The number of ether oxygens (including phenoxy) is 2. The van der Waals surface area contributed by atoms with Gasteiger partial charge in [0.2, 0.25) is 0 Å². The molecule has 3 rings (SSSR count). The normalized spacial score (nSPS) is 13.6. The number of methoxy groups -OCH3 is 1. The molecule has 2 aromatic carbocycles. The molecule has 0 saturated carbocycles. The second kappa shape index (κ2) is 5.26. The van der Waals surface area contributed by atoms with E-state index in [4.69, 9.17) is 9.47 Å². The van der Waals surface area contributed by atoms with Gasteiger partial charge in [-0.05, 0) is 41.0 Å². The van der Waals surface area contributed by atoms with Crippen LogP contribution in [0, 0.1) is 5.82 Å². The van der Waals surface area contributed by atoms with Crippen molar-refractivity contribution in [3.63, 3.8) is 0 Å². The third kappa shape index (κ3) is 2.65. The molecule has 0 bridgehead atoms. The second-order valence-electron chi connectivity index (χ2n) is 4.92. The predicted molar refractivity (Wildman–Crippen MR) is 77.4 cm³/mol. The van der Waals surface area contributed by atoms with Gasteiger partial charge in [-0.1, -0.05) is 0 Å². The molecule has 1 N–H and O–H groups in total. The number of benzene rings is 2. The summed E-state index contributed by atoms with van der Waals surface area (Å²) in [5.74, 6) is -0.0192. The summed E-state index contributed by atoms with van der Waals surface area (Å²) >= 11 is 0. The highest BCUT2D eigenvalue weighted by molar-refractivity contribution is 7.86. The van der Waals surface area contributed by atoms with Gasteiger partial charge in [0.15, 0.2) is 0 Å². The minimum Gasteiger partial charge on any atom is -0.497 e. The molecule has 7 heteroatoms. The van der Waals surface area contributed by atoms with Crippen molar-refractivity contribution in [3.05, 3.63) is 41.7 Å². The lowest BCUT2D eigenvalue weighted by Crippen LogP contribution is -2.02. The van der Waals surface area contributed by atoms with Crippen molar-refractivity contribution in [1.82, 2.24) is 0 Å². The Balaban J connectivity index is 2.23. The highest BCUT2D eigenvalue weighted by Crippen LogP contribution is 2.38. The van der Waals surface area contributed by atoms with E-state index in [9.17, 15) is 17.4 Å². The van der Waals surface area contributed by atoms with Crippen molar-refractivity contribution < 1.29 is 26.8 Å². The molecule has 0 unspecified atom stereocenters. The molecule has 0 amide bonds. The van der Waals surface area contributed by atoms with Gasteiger partial charge in [0.1, 0.15) is 22.2 Å². The monoisotopic (exact) mass is 324 g/mol. The zero-order chi connectivity index (χ0) is 15.9. The van der Waals surface area contributed by atoms with Gasteiger partial charge in [0, 0.05) is 12.5 Å². The van der Waals surface area contributed by atoms with E-state index in [1.165, 1.54) is 25.3 Å². The van der Waals surface area contributed by atoms with Crippen LogP contribution in [0.3, 0.4) is 0 Å². The van der Waals surface area contributed by atoms with Crippen molar-refractivity contribution in [2.24, 2.45) is 0 Å². The van der Waals surface area contributed by atoms with Gasteiger partial charge in [0.25, 0.3) is 10.1 Å². The fraction of sp³-hybridized carbons (Fsp3) is 0.200. The summed E-state index contributed by atoms with van der Waals surface area (Å²) in [6, 6.07) is 7.09. The molecule has 0 aliphatic carbocycles. The molecule has 0 atom stereocenters. The summed E-state index contributed by atoms with van der Waals surface area (Å²) in [5, 5.41) is 0. The van der Waals surface area contributed by atoms with Crippen LogP contribution < -0.4 is 9.47 Å². The molecule has 5 nitrogen and oxygen atoms in total. The average Bonchev–Trinajstić information content (AvgIpc) is 2.92. The highest BCUT2D eigenvalue weighted by atomic mass is 32.2. The van der Waals surface area contributed by atoms with E-state index in [1.807, 2.05) is 0 Å². The Kier molecular flexibility index (Phi) is 3.54. The molecule has 0 radical (unpaired) electrons. The molecule has 0 aromatic heterocycles. The quantitative estimate of drug-likeness (QED) is 0.879. The van der Waals surface area contributed by atoms with Gasteiger partial charge in [0.05, 0.1) is 13.7 Å². The molecular formula is C15H13FO5S. The van der Waals surface area contributed by atoms with Gasteiger partial charge in [-0.25, -0.2) is 4.39 Å². The topological polar surface area (TPSA) is 72.8 Å². The van der Waals surface area contributed by atoms with Crippen LogP contribution in [0.25, 0.3) is 11.1 Å². The van der Waals surface area contributed by atoms with Crippen molar-refractivity contribution in [2.45, 2.75) is 11.3 Å². The maximum Gasteiger partial charge on any atom is 0.298 e. The fourth-order valence-corrected chi connectivity index (χ4v) is 3.18.